The van der Waals surface area contributed by atoms with E-state index in [1.807, 2.05) is 30.3 Å². The van der Waals surface area contributed by atoms with Crippen LogP contribution >= 0.6 is 0 Å². The van der Waals surface area contributed by atoms with Crippen molar-refractivity contribution < 1.29 is 19.2 Å². The number of esters is 1. The minimum absolute atomic E-state index is 0.172. The van der Waals surface area contributed by atoms with Crippen LogP contribution in [0.5, 0.6) is 0 Å². The summed E-state index contributed by atoms with van der Waals surface area (Å²) >= 11 is 0. The Morgan fingerprint density at radius 2 is 2.11 bits per heavy atom. The Morgan fingerprint density at radius 3 is 2.79 bits per heavy atom. The van der Waals surface area contributed by atoms with Crippen molar-refractivity contribution in [3.63, 3.8) is 0 Å². The van der Waals surface area contributed by atoms with Crippen LogP contribution in [-0.2, 0) is 25.8 Å². The zero-order valence-corrected chi connectivity index (χ0v) is 10.9. The Hall–Kier alpha value is -1.88. The number of amides is 1. The number of benzene rings is 1. The number of carbonyl (C=O) groups is 2. The molecule has 1 unspecified atom stereocenters. The molecular formula is C14H17NO4. The van der Waals surface area contributed by atoms with Gasteiger partial charge < -0.3 is 4.74 Å². The highest BCUT2D eigenvalue weighted by atomic mass is 16.7. The van der Waals surface area contributed by atoms with Crippen LogP contribution in [0.1, 0.15) is 25.3 Å². The van der Waals surface area contributed by atoms with Gasteiger partial charge in [0.15, 0.2) is 6.04 Å². The third-order valence-corrected chi connectivity index (χ3v) is 2.93. The van der Waals surface area contributed by atoms with Gasteiger partial charge in [-0.15, -0.1) is 0 Å². The first kappa shape index (κ1) is 13.5. The van der Waals surface area contributed by atoms with E-state index in [-0.39, 0.29) is 12.5 Å². The van der Waals surface area contributed by atoms with E-state index in [1.54, 1.807) is 6.92 Å². The molecule has 1 aromatic carbocycles. The number of carbonyl (C=O) groups excluding carboxylic acids is 2. The van der Waals surface area contributed by atoms with E-state index in [1.165, 1.54) is 0 Å². The van der Waals surface area contributed by atoms with E-state index in [0.717, 1.165) is 10.6 Å². The monoisotopic (exact) mass is 263 g/mol. The predicted molar refractivity (Wildman–Crippen MR) is 67.7 cm³/mol. The summed E-state index contributed by atoms with van der Waals surface area (Å²) in [5, 5.41) is 1.16. The predicted octanol–water partition coefficient (Wildman–Crippen LogP) is 1.67. The fraction of sp³-hybridized carbons (Fsp3) is 0.429. The summed E-state index contributed by atoms with van der Waals surface area (Å²) in [6.07, 6.45) is 0.769. The third kappa shape index (κ3) is 3.32. The Bertz CT molecular complexity index is 446. The van der Waals surface area contributed by atoms with E-state index in [0.29, 0.717) is 19.4 Å². The fourth-order valence-corrected chi connectivity index (χ4v) is 1.99. The molecule has 1 fully saturated rings. The molecule has 19 heavy (non-hydrogen) atoms. The number of ether oxygens (including phenoxy) is 1. The lowest BCUT2D eigenvalue weighted by atomic mass is 10.2. The molecule has 0 bridgehead atoms. The Labute approximate surface area is 112 Å². The minimum atomic E-state index is -0.615. The molecule has 1 heterocycles. The zero-order chi connectivity index (χ0) is 13.7. The molecule has 0 aliphatic carbocycles. The van der Waals surface area contributed by atoms with E-state index >= 15 is 0 Å². The summed E-state index contributed by atoms with van der Waals surface area (Å²) < 4.78 is 4.94. The summed E-state index contributed by atoms with van der Waals surface area (Å²) in [4.78, 5) is 28.9. The van der Waals surface area contributed by atoms with Gasteiger partial charge in [0.1, 0.15) is 6.61 Å². The zero-order valence-electron chi connectivity index (χ0n) is 10.9. The Morgan fingerprint density at radius 1 is 1.37 bits per heavy atom. The molecule has 2 rings (SSSR count). The molecule has 1 aliphatic rings. The van der Waals surface area contributed by atoms with Crippen molar-refractivity contribution in [3.8, 4) is 0 Å². The van der Waals surface area contributed by atoms with Gasteiger partial charge in [0.2, 0.25) is 5.91 Å². The Balaban J connectivity index is 1.96. The molecule has 1 atom stereocenters. The smallest absolute Gasteiger partial charge is 0.331 e. The molecule has 102 valence electrons. The second kappa shape index (κ2) is 6.33. The molecule has 0 aromatic heterocycles. The highest BCUT2D eigenvalue weighted by Crippen LogP contribution is 2.21. The summed E-state index contributed by atoms with van der Waals surface area (Å²) in [5.41, 5.74) is 0.949. The van der Waals surface area contributed by atoms with Crippen LogP contribution < -0.4 is 0 Å². The first-order chi connectivity index (χ1) is 9.22. The van der Waals surface area contributed by atoms with Gasteiger partial charge in [-0.1, -0.05) is 30.3 Å². The largest absolute Gasteiger partial charge is 0.464 e. The van der Waals surface area contributed by atoms with Crippen LogP contribution in [0.15, 0.2) is 30.3 Å². The minimum Gasteiger partial charge on any atom is -0.464 e. The second-order valence-electron chi connectivity index (χ2n) is 4.29. The van der Waals surface area contributed by atoms with Crippen LogP contribution in [0.2, 0.25) is 0 Å². The number of rotatable bonds is 5. The number of hydrogen-bond donors (Lipinski definition) is 0. The van der Waals surface area contributed by atoms with E-state index < -0.39 is 12.0 Å². The van der Waals surface area contributed by atoms with Crippen molar-refractivity contribution in [1.82, 2.24) is 5.06 Å². The van der Waals surface area contributed by atoms with E-state index in [9.17, 15) is 9.59 Å². The van der Waals surface area contributed by atoms with Gasteiger partial charge in [0.05, 0.1) is 6.61 Å². The lowest BCUT2D eigenvalue weighted by molar-refractivity contribution is -0.203. The third-order valence-electron chi connectivity index (χ3n) is 2.93. The van der Waals surface area contributed by atoms with E-state index in [4.69, 9.17) is 9.57 Å². The maximum absolute atomic E-state index is 11.7. The quantitative estimate of drug-likeness (QED) is 0.758. The molecule has 0 radical (unpaired) electrons. The average Bonchev–Trinajstić information content (AvgIpc) is 2.79. The number of hydroxylamine groups is 2. The SMILES string of the molecule is CCOC(=O)C1CCC(=O)N1OCc1ccccc1. The summed E-state index contributed by atoms with van der Waals surface area (Å²) in [6, 6.07) is 8.89. The van der Waals surface area contributed by atoms with Crippen molar-refractivity contribution in [2.24, 2.45) is 0 Å². The molecule has 5 nitrogen and oxygen atoms in total. The van der Waals surface area contributed by atoms with Crippen LogP contribution in [-0.4, -0.2) is 29.6 Å². The van der Waals surface area contributed by atoms with Gasteiger partial charge in [0, 0.05) is 6.42 Å². The summed E-state index contributed by atoms with van der Waals surface area (Å²) in [7, 11) is 0. The second-order valence-corrected chi connectivity index (χ2v) is 4.29. The van der Waals surface area contributed by atoms with Gasteiger partial charge in [-0.2, -0.15) is 0 Å². The molecule has 0 spiro atoms. The van der Waals surface area contributed by atoms with Gasteiger partial charge in [0.25, 0.3) is 0 Å². The standard InChI is InChI=1S/C14H17NO4/c1-2-18-14(17)12-8-9-13(16)15(12)19-10-11-6-4-3-5-7-11/h3-7,12H,2,8-10H2,1H3. The molecule has 1 saturated heterocycles. The van der Waals surface area contributed by atoms with Gasteiger partial charge in [-0.25, -0.2) is 9.86 Å². The van der Waals surface area contributed by atoms with Crippen molar-refractivity contribution >= 4 is 11.9 Å². The van der Waals surface area contributed by atoms with Gasteiger partial charge in [-0.05, 0) is 18.9 Å². The lowest BCUT2D eigenvalue weighted by Gasteiger charge is -2.22. The summed E-state index contributed by atoms with van der Waals surface area (Å²) in [5.74, 6) is -0.574. The van der Waals surface area contributed by atoms with Crippen LogP contribution in [0.25, 0.3) is 0 Å². The highest BCUT2D eigenvalue weighted by Gasteiger charge is 2.38. The van der Waals surface area contributed by atoms with Gasteiger partial charge in [-0.3, -0.25) is 9.63 Å². The number of nitrogens with zero attached hydrogens (tertiary/aromatic N) is 1. The molecular weight excluding hydrogens is 246 g/mol. The van der Waals surface area contributed by atoms with Crippen molar-refractivity contribution in [1.29, 1.82) is 0 Å². The molecule has 1 amide bonds. The van der Waals surface area contributed by atoms with Crippen molar-refractivity contribution in [2.45, 2.75) is 32.4 Å². The summed E-state index contributed by atoms with van der Waals surface area (Å²) in [6.45, 7) is 2.31. The maximum Gasteiger partial charge on any atom is 0.331 e. The van der Waals surface area contributed by atoms with Crippen LogP contribution in [0.3, 0.4) is 0 Å². The van der Waals surface area contributed by atoms with Crippen molar-refractivity contribution in [3.05, 3.63) is 35.9 Å². The van der Waals surface area contributed by atoms with Crippen LogP contribution in [0.4, 0.5) is 0 Å². The molecule has 0 N–H and O–H groups in total. The van der Waals surface area contributed by atoms with Crippen molar-refractivity contribution in [2.75, 3.05) is 6.61 Å². The molecule has 5 heteroatoms. The maximum atomic E-state index is 11.7. The highest BCUT2D eigenvalue weighted by molar-refractivity contribution is 5.87. The van der Waals surface area contributed by atoms with E-state index in [2.05, 4.69) is 0 Å². The van der Waals surface area contributed by atoms with Gasteiger partial charge >= 0.3 is 5.97 Å². The molecule has 0 saturated carbocycles. The normalized spacial score (nSPS) is 18.7. The number of hydrogen-bond acceptors (Lipinski definition) is 4. The topological polar surface area (TPSA) is 55.8 Å². The lowest BCUT2D eigenvalue weighted by Crippen LogP contribution is -2.39. The average molecular weight is 263 g/mol. The molecule has 1 aliphatic heterocycles. The first-order valence-electron chi connectivity index (χ1n) is 6.38. The van der Waals surface area contributed by atoms with Crippen LogP contribution in [0, 0.1) is 0 Å². The first-order valence-corrected chi connectivity index (χ1v) is 6.38. The fourth-order valence-electron chi connectivity index (χ4n) is 1.99. The Kier molecular flexibility index (Phi) is 4.52. The molecule has 1 aromatic rings.